The maximum Gasteiger partial charge on any atom is 0.0898 e. The van der Waals surface area contributed by atoms with Crippen LogP contribution in [-0.4, -0.2) is 24.4 Å². The van der Waals surface area contributed by atoms with Crippen LogP contribution < -0.4 is 5.32 Å². The van der Waals surface area contributed by atoms with Gasteiger partial charge in [-0.3, -0.25) is 0 Å². The van der Waals surface area contributed by atoms with E-state index in [1.165, 1.54) is 4.88 Å². The molecule has 3 nitrogen and oxygen atoms in total. The molecule has 21 heavy (non-hydrogen) atoms. The van der Waals surface area contributed by atoms with Crippen molar-refractivity contribution in [3.8, 4) is 0 Å². The SMILES string of the molecule is C[C@@H](NCC(O)COCc1ccc(Cl)cc1)c1cccs1. The summed E-state index contributed by atoms with van der Waals surface area (Å²) in [6, 6.07) is 11.9. The molecule has 1 unspecified atom stereocenters. The van der Waals surface area contributed by atoms with E-state index < -0.39 is 6.10 Å². The number of hydrogen-bond donors (Lipinski definition) is 2. The smallest absolute Gasteiger partial charge is 0.0898 e. The number of aliphatic hydroxyl groups excluding tert-OH is 1. The Hall–Kier alpha value is -0.910. The van der Waals surface area contributed by atoms with Gasteiger partial charge in [-0.05, 0) is 36.1 Å². The van der Waals surface area contributed by atoms with E-state index in [9.17, 15) is 5.11 Å². The highest BCUT2D eigenvalue weighted by atomic mass is 35.5. The Morgan fingerprint density at radius 2 is 2.05 bits per heavy atom. The van der Waals surface area contributed by atoms with Gasteiger partial charge in [0, 0.05) is 22.5 Å². The Morgan fingerprint density at radius 1 is 1.29 bits per heavy atom. The molecule has 0 aliphatic carbocycles. The summed E-state index contributed by atoms with van der Waals surface area (Å²) in [5.74, 6) is 0. The average molecular weight is 326 g/mol. The first-order chi connectivity index (χ1) is 10.1. The van der Waals surface area contributed by atoms with E-state index in [2.05, 4.69) is 23.7 Å². The minimum atomic E-state index is -0.514. The number of hydrogen-bond acceptors (Lipinski definition) is 4. The molecule has 2 aromatic rings. The number of aliphatic hydroxyl groups is 1. The molecule has 114 valence electrons. The molecule has 2 atom stereocenters. The van der Waals surface area contributed by atoms with E-state index in [1.54, 1.807) is 11.3 Å². The lowest BCUT2D eigenvalue weighted by molar-refractivity contribution is 0.0278. The van der Waals surface area contributed by atoms with Crippen molar-refractivity contribution in [3.05, 3.63) is 57.2 Å². The summed E-state index contributed by atoms with van der Waals surface area (Å²) in [6.45, 7) is 3.40. The van der Waals surface area contributed by atoms with Crippen LogP contribution in [0.4, 0.5) is 0 Å². The van der Waals surface area contributed by atoms with Crippen molar-refractivity contribution in [2.75, 3.05) is 13.2 Å². The van der Waals surface area contributed by atoms with Gasteiger partial charge in [-0.15, -0.1) is 11.3 Å². The molecule has 0 spiro atoms. The summed E-state index contributed by atoms with van der Waals surface area (Å²) in [6.07, 6.45) is -0.514. The summed E-state index contributed by atoms with van der Waals surface area (Å²) in [7, 11) is 0. The lowest BCUT2D eigenvalue weighted by Crippen LogP contribution is -2.31. The maximum atomic E-state index is 9.91. The van der Waals surface area contributed by atoms with Gasteiger partial charge in [0.05, 0.1) is 19.3 Å². The first-order valence-corrected chi connectivity index (χ1v) is 8.18. The first-order valence-electron chi connectivity index (χ1n) is 6.92. The van der Waals surface area contributed by atoms with Crippen molar-refractivity contribution in [3.63, 3.8) is 0 Å². The van der Waals surface area contributed by atoms with Gasteiger partial charge in [0.1, 0.15) is 0 Å². The molecule has 2 N–H and O–H groups in total. The standard InChI is InChI=1S/C16H20ClNO2S/c1-12(16-3-2-8-21-16)18-9-15(19)11-20-10-13-4-6-14(17)7-5-13/h2-8,12,15,18-19H,9-11H2,1H3/t12-,15?/m1/s1. The number of benzene rings is 1. The van der Waals surface area contributed by atoms with Crippen LogP contribution in [0.1, 0.15) is 23.4 Å². The number of halogens is 1. The van der Waals surface area contributed by atoms with E-state index in [0.29, 0.717) is 24.8 Å². The minimum Gasteiger partial charge on any atom is -0.389 e. The zero-order chi connectivity index (χ0) is 15.1. The van der Waals surface area contributed by atoms with Gasteiger partial charge >= 0.3 is 0 Å². The first kappa shape index (κ1) is 16.5. The van der Waals surface area contributed by atoms with Crippen molar-refractivity contribution < 1.29 is 9.84 Å². The van der Waals surface area contributed by atoms with Crippen LogP contribution in [0.15, 0.2) is 41.8 Å². The molecule has 1 heterocycles. The summed E-state index contributed by atoms with van der Waals surface area (Å²) < 4.78 is 5.51. The van der Waals surface area contributed by atoms with E-state index in [-0.39, 0.29) is 6.04 Å². The molecule has 0 saturated carbocycles. The van der Waals surface area contributed by atoms with Gasteiger partial charge in [-0.25, -0.2) is 0 Å². The number of rotatable bonds is 8. The molecule has 0 saturated heterocycles. The van der Waals surface area contributed by atoms with Crippen LogP contribution in [0.5, 0.6) is 0 Å². The monoisotopic (exact) mass is 325 g/mol. The van der Waals surface area contributed by atoms with Gasteiger partial charge in [0.25, 0.3) is 0 Å². The van der Waals surface area contributed by atoms with Crippen molar-refractivity contribution in [2.45, 2.75) is 25.7 Å². The Labute approximate surface area is 134 Å². The van der Waals surface area contributed by atoms with Crippen molar-refractivity contribution in [1.82, 2.24) is 5.32 Å². The topological polar surface area (TPSA) is 41.5 Å². The Morgan fingerprint density at radius 3 is 2.71 bits per heavy atom. The lowest BCUT2D eigenvalue weighted by Gasteiger charge is -2.16. The van der Waals surface area contributed by atoms with Crippen molar-refractivity contribution >= 4 is 22.9 Å². The molecule has 0 aliphatic rings. The van der Waals surface area contributed by atoms with Crippen LogP contribution in [0.3, 0.4) is 0 Å². The quantitative estimate of drug-likeness (QED) is 0.778. The van der Waals surface area contributed by atoms with Crippen LogP contribution in [0.25, 0.3) is 0 Å². The second-order valence-electron chi connectivity index (χ2n) is 4.94. The summed E-state index contributed by atoms with van der Waals surface area (Å²) in [4.78, 5) is 1.27. The van der Waals surface area contributed by atoms with E-state index >= 15 is 0 Å². The highest BCUT2D eigenvalue weighted by Gasteiger charge is 2.09. The highest BCUT2D eigenvalue weighted by molar-refractivity contribution is 7.10. The fourth-order valence-electron chi connectivity index (χ4n) is 1.90. The molecule has 0 amide bonds. The molecule has 0 bridgehead atoms. The molecule has 0 fully saturated rings. The molecule has 0 radical (unpaired) electrons. The Balaban J connectivity index is 1.63. The predicted molar refractivity (Wildman–Crippen MR) is 87.9 cm³/mol. The maximum absolute atomic E-state index is 9.91. The van der Waals surface area contributed by atoms with Gasteiger partial charge in [-0.2, -0.15) is 0 Å². The zero-order valence-corrected chi connectivity index (χ0v) is 13.5. The predicted octanol–water partition coefficient (Wildman–Crippen LogP) is 3.63. The fraction of sp³-hybridized carbons (Fsp3) is 0.375. The van der Waals surface area contributed by atoms with Crippen molar-refractivity contribution in [1.29, 1.82) is 0 Å². The second-order valence-corrected chi connectivity index (χ2v) is 6.36. The van der Waals surface area contributed by atoms with Gasteiger partial charge in [0.15, 0.2) is 0 Å². The summed E-state index contributed by atoms with van der Waals surface area (Å²) in [5.41, 5.74) is 1.05. The normalized spacial score (nSPS) is 14.0. The molecule has 5 heteroatoms. The van der Waals surface area contributed by atoms with E-state index in [0.717, 1.165) is 5.56 Å². The van der Waals surface area contributed by atoms with Crippen LogP contribution in [0.2, 0.25) is 5.02 Å². The average Bonchev–Trinajstić information content (AvgIpc) is 3.01. The Bertz CT molecular complexity index is 516. The summed E-state index contributed by atoms with van der Waals surface area (Å²) >= 11 is 7.53. The number of ether oxygens (including phenoxy) is 1. The third-order valence-electron chi connectivity index (χ3n) is 3.12. The number of nitrogens with one attached hydrogen (secondary N) is 1. The fourth-order valence-corrected chi connectivity index (χ4v) is 2.79. The minimum absolute atomic E-state index is 0.246. The van der Waals surface area contributed by atoms with Crippen LogP contribution in [0, 0.1) is 0 Å². The molecule has 1 aromatic carbocycles. The van der Waals surface area contributed by atoms with Crippen LogP contribution in [-0.2, 0) is 11.3 Å². The summed E-state index contributed by atoms with van der Waals surface area (Å²) in [5, 5.41) is 16.0. The van der Waals surface area contributed by atoms with Gasteiger partial charge in [-0.1, -0.05) is 29.8 Å². The number of thiophene rings is 1. The van der Waals surface area contributed by atoms with Crippen LogP contribution >= 0.6 is 22.9 Å². The molecule has 0 aliphatic heterocycles. The highest BCUT2D eigenvalue weighted by Crippen LogP contribution is 2.17. The van der Waals surface area contributed by atoms with E-state index in [1.807, 2.05) is 30.3 Å². The molecule has 2 rings (SSSR count). The second kappa shape index (κ2) is 8.51. The Kier molecular flexibility index (Phi) is 6.67. The van der Waals surface area contributed by atoms with Gasteiger partial charge < -0.3 is 15.2 Å². The lowest BCUT2D eigenvalue weighted by atomic mass is 10.2. The molecule has 1 aromatic heterocycles. The van der Waals surface area contributed by atoms with E-state index in [4.69, 9.17) is 16.3 Å². The van der Waals surface area contributed by atoms with Crippen molar-refractivity contribution in [2.24, 2.45) is 0 Å². The third-order valence-corrected chi connectivity index (χ3v) is 4.43. The molecular weight excluding hydrogens is 306 g/mol. The third kappa shape index (κ3) is 5.77. The molecular formula is C16H20ClNO2S. The largest absolute Gasteiger partial charge is 0.389 e. The zero-order valence-electron chi connectivity index (χ0n) is 12.0. The van der Waals surface area contributed by atoms with Gasteiger partial charge in [0.2, 0.25) is 0 Å².